The molecule has 38 heavy (non-hydrogen) atoms. The first-order valence-corrected chi connectivity index (χ1v) is 13.6. The van der Waals surface area contributed by atoms with Crippen LogP contribution in [0.25, 0.3) is 0 Å². The summed E-state index contributed by atoms with van der Waals surface area (Å²) < 4.78 is 96.3. The Morgan fingerprint density at radius 3 is 2.37 bits per heavy atom. The van der Waals surface area contributed by atoms with Crippen LogP contribution < -0.4 is 10.1 Å². The molecule has 1 saturated heterocycles. The van der Waals surface area contributed by atoms with Gasteiger partial charge < -0.3 is 15.0 Å². The number of sulfone groups is 1. The molecule has 2 aliphatic carbocycles. The van der Waals surface area contributed by atoms with E-state index in [0.29, 0.717) is 12.8 Å². The van der Waals surface area contributed by atoms with E-state index in [1.54, 1.807) is 0 Å². The molecule has 15 heteroatoms. The molecule has 2 amide bonds. The van der Waals surface area contributed by atoms with E-state index in [1.165, 1.54) is 0 Å². The number of alkyl halides is 5. The fourth-order valence-corrected chi connectivity index (χ4v) is 7.19. The Morgan fingerprint density at radius 1 is 1.18 bits per heavy atom. The van der Waals surface area contributed by atoms with Crippen molar-refractivity contribution in [1.29, 1.82) is 5.26 Å². The average molecular weight is 584 g/mol. The Morgan fingerprint density at radius 2 is 1.84 bits per heavy atom. The fourth-order valence-electron chi connectivity index (χ4n) is 4.83. The molecule has 3 fully saturated rings. The molecule has 0 aromatic heterocycles. The number of amides is 2. The average Bonchev–Trinajstić information content (AvgIpc) is 3.27. The number of halogens is 6. The van der Waals surface area contributed by atoms with Gasteiger partial charge in [0, 0.05) is 19.0 Å². The van der Waals surface area contributed by atoms with Crippen molar-refractivity contribution in [1.82, 2.24) is 10.2 Å². The van der Waals surface area contributed by atoms with Gasteiger partial charge in [0.1, 0.15) is 11.3 Å². The molecule has 0 spiro atoms. The molecule has 0 bridgehead atoms. The summed E-state index contributed by atoms with van der Waals surface area (Å²) >= 11 is 6.08. The molecule has 3 aliphatic rings. The van der Waals surface area contributed by atoms with Crippen molar-refractivity contribution in [2.75, 3.05) is 19.7 Å². The maximum absolute atomic E-state index is 13.8. The number of likely N-dealkylation sites (tertiary alicyclic amines) is 1. The van der Waals surface area contributed by atoms with Gasteiger partial charge in [0.15, 0.2) is 16.4 Å². The molecule has 1 aromatic rings. The van der Waals surface area contributed by atoms with Gasteiger partial charge in [-0.2, -0.15) is 18.4 Å². The van der Waals surface area contributed by atoms with E-state index in [9.17, 15) is 45.2 Å². The third-order valence-corrected chi connectivity index (χ3v) is 9.69. The van der Waals surface area contributed by atoms with E-state index in [2.05, 4.69) is 10.1 Å². The lowest BCUT2D eigenvalue weighted by molar-refractivity contribution is -0.153. The number of carbonyl (C=O) groups is 2. The molecule has 1 heterocycles. The number of hydrogen-bond donors (Lipinski definition) is 1. The van der Waals surface area contributed by atoms with Gasteiger partial charge in [0.2, 0.25) is 11.8 Å². The van der Waals surface area contributed by atoms with Crippen molar-refractivity contribution in [3.63, 3.8) is 0 Å². The van der Waals surface area contributed by atoms with Crippen LogP contribution in [0.2, 0.25) is 5.02 Å². The van der Waals surface area contributed by atoms with Crippen LogP contribution >= 0.6 is 11.6 Å². The third-order valence-electron chi connectivity index (χ3n) is 7.03. The Balaban J connectivity index is 1.58. The Hall–Kier alpha value is -2.66. The first kappa shape index (κ1) is 28.4. The van der Waals surface area contributed by atoms with E-state index < -0.39 is 85.9 Å². The van der Waals surface area contributed by atoms with Crippen molar-refractivity contribution in [2.45, 2.75) is 59.9 Å². The second kappa shape index (κ2) is 9.82. The highest BCUT2D eigenvalue weighted by atomic mass is 35.5. The van der Waals surface area contributed by atoms with E-state index in [4.69, 9.17) is 11.6 Å². The van der Waals surface area contributed by atoms with Gasteiger partial charge in [0.05, 0.1) is 39.6 Å². The largest absolute Gasteiger partial charge is 0.484 e. The molecule has 4 rings (SSSR count). The fraction of sp³-hybridized carbons (Fsp3) is 0.609. The highest BCUT2D eigenvalue weighted by Gasteiger charge is 2.53. The minimum atomic E-state index is -4.62. The van der Waals surface area contributed by atoms with Crippen LogP contribution in [0.1, 0.15) is 32.1 Å². The zero-order chi connectivity index (χ0) is 28.1. The summed E-state index contributed by atoms with van der Waals surface area (Å²) in [6.45, 7) is -2.71. The SMILES string of the molecule is N#CC1(NC(=O)C2CC(S(=O)(=O)c3ccc(OCC(F)(F)F)cc3Cl)CC2C(=O)N2CCC(F)(F)C2)CC1. The van der Waals surface area contributed by atoms with Gasteiger partial charge in [-0.05, 0) is 37.8 Å². The second-order valence-electron chi connectivity index (χ2n) is 9.90. The molecule has 2 saturated carbocycles. The summed E-state index contributed by atoms with van der Waals surface area (Å²) in [4.78, 5) is 26.8. The predicted molar refractivity (Wildman–Crippen MR) is 122 cm³/mol. The Bertz CT molecular complexity index is 1280. The molecular formula is C23H23ClF5N3O5S. The number of nitrogens with zero attached hydrogens (tertiary/aromatic N) is 2. The molecule has 8 nitrogen and oxygen atoms in total. The first-order chi connectivity index (χ1) is 17.6. The number of rotatable bonds is 7. The number of benzene rings is 1. The molecule has 1 N–H and O–H groups in total. The second-order valence-corrected chi connectivity index (χ2v) is 12.5. The lowest BCUT2D eigenvalue weighted by Gasteiger charge is -2.24. The first-order valence-electron chi connectivity index (χ1n) is 11.7. The van der Waals surface area contributed by atoms with Crippen LogP contribution in [0.15, 0.2) is 23.1 Å². The number of ether oxygens (including phenoxy) is 1. The molecule has 1 aliphatic heterocycles. The molecule has 0 radical (unpaired) electrons. The summed E-state index contributed by atoms with van der Waals surface area (Å²) in [6.07, 6.45) is -5.09. The zero-order valence-corrected chi connectivity index (χ0v) is 21.3. The third kappa shape index (κ3) is 5.98. The Kier molecular flexibility index (Phi) is 7.33. The van der Waals surface area contributed by atoms with Crippen LogP contribution in [0.5, 0.6) is 5.75 Å². The maximum atomic E-state index is 13.8. The zero-order valence-electron chi connectivity index (χ0n) is 19.7. The van der Waals surface area contributed by atoms with Crippen LogP contribution in [0.4, 0.5) is 22.0 Å². The molecule has 3 unspecified atom stereocenters. The number of carbonyl (C=O) groups excluding carboxylic acids is 2. The number of hydrogen-bond acceptors (Lipinski definition) is 6. The van der Waals surface area contributed by atoms with Crippen LogP contribution in [0.3, 0.4) is 0 Å². The standard InChI is InChI=1S/C23H23ClF5N3O5S/c24-17-7-13(37-12-23(27,28)29)1-2-18(17)38(35,36)14-8-15(19(33)31-21(10-30)3-4-21)16(9-14)20(34)32-6-5-22(25,26)11-32/h1-2,7,14-16H,3-6,8-9,11-12H2,(H,31,33). The highest BCUT2D eigenvalue weighted by Crippen LogP contribution is 2.43. The molecule has 1 aromatic carbocycles. The molecule has 3 atom stereocenters. The van der Waals surface area contributed by atoms with E-state index in [0.717, 1.165) is 23.1 Å². The highest BCUT2D eigenvalue weighted by molar-refractivity contribution is 7.92. The smallest absolute Gasteiger partial charge is 0.422 e. The topological polar surface area (TPSA) is 117 Å². The van der Waals surface area contributed by atoms with Crippen molar-refractivity contribution in [2.24, 2.45) is 11.8 Å². The van der Waals surface area contributed by atoms with Gasteiger partial charge >= 0.3 is 6.18 Å². The Labute approximate surface area is 220 Å². The summed E-state index contributed by atoms with van der Waals surface area (Å²) in [5, 5.41) is 10.1. The monoisotopic (exact) mass is 583 g/mol. The number of nitrogens with one attached hydrogen (secondary N) is 1. The normalized spacial score (nSPS) is 26.0. The van der Waals surface area contributed by atoms with Crippen molar-refractivity contribution < 1.29 is 44.7 Å². The van der Waals surface area contributed by atoms with Gasteiger partial charge in [-0.1, -0.05) is 11.6 Å². The van der Waals surface area contributed by atoms with E-state index in [1.807, 2.05) is 6.07 Å². The summed E-state index contributed by atoms with van der Waals surface area (Å²) in [6, 6.07) is 4.86. The lowest BCUT2D eigenvalue weighted by Crippen LogP contribution is -2.45. The lowest BCUT2D eigenvalue weighted by atomic mass is 9.93. The quantitative estimate of drug-likeness (QED) is 0.491. The van der Waals surface area contributed by atoms with Crippen LogP contribution in [0, 0.1) is 23.2 Å². The van der Waals surface area contributed by atoms with Gasteiger partial charge in [0.25, 0.3) is 5.92 Å². The van der Waals surface area contributed by atoms with E-state index in [-0.39, 0.29) is 25.1 Å². The predicted octanol–water partition coefficient (Wildman–Crippen LogP) is 3.49. The van der Waals surface area contributed by atoms with Crippen LogP contribution in [-0.2, 0) is 19.4 Å². The summed E-state index contributed by atoms with van der Waals surface area (Å²) in [5.74, 6) is -7.33. The minimum Gasteiger partial charge on any atom is -0.484 e. The minimum absolute atomic E-state index is 0.249. The van der Waals surface area contributed by atoms with Crippen molar-refractivity contribution in [3.8, 4) is 11.8 Å². The molecule has 208 valence electrons. The van der Waals surface area contributed by atoms with Gasteiger partial charge in [-0.15, -0.1) is 0 Å². The van der Waals surface area contributed by atoms with Crippen molar-refractivity contribution >= 4 is 33.3 Å². The van der Waals surface area contributed by atoms with Crippen LogP contribution in [-0.4, -0.2) is 67.7 Å². The van der Waals surface area contributed by atoms with Gasteiger partial charge in [-0.25, -0.2) is 17.2 Å². The van der Waals surface area contributed by atoms with E-state index >= 15 is 0 Å². The molecular weight excluding hydrogens is 561 g/mol. The summed E-state index contributed by atoms with van der Waals surface area (Å²) in [5.41, 5.74) is -1.10. The maximum Gasteiger partial charge on any atom is 0.422 e. The summed E-state index contributed by atoms with van der Waals surface area (Å²) in [7, 11) is -4.32. The van der Waals surface area contributed by atoms with Crippen molar-refractivity contribution in [3.05, 3.63) is 23.2 Å². The number of nitriles is 1. The van der Waals surface area contributed by atoms with Gasteiger partial charge in [-0.3, -0.25) is 9.59 Å².